The number of halogens is 1. The first-order chi connectivity index (χ1) is 16.5. The maximum Gasteiger partial charge on any atom is 0.297 e. The van der Waals surface area contributed by atoms with Crippen molar-refractivity contribution < 1.29 is 9.21 Å². The lowest BCUT2D eigenvalue weighted by molar-refractivity contribution is 0.0782. The number of rotatable bonds is 4. The second-order valence-corrected chi connectivity index (χ2v) is 9.44. The molecule has 172 valence electrons. The average molecular weight is 475 g/mol. The van der Waals surface area contributed by atoms with E-state index < -0.39 is 0 Å². The van der Waals surface area contributed by atoms with Gasteiger partial charge in [-0.2, -0.15) is 20.0 Å². The van der Waals surface area contributed by atoms with Crippen molar-refractivity contribution in [3.8, 4) is 16.9 Å². The Morgan fingerprint density at radius 3 is 2.53 bits per heavy atom. The fraction of sp³-hybridized carbons (Fsp3) is 0.280. The van der Waals surface area contributed by atoms with Gasteiger partial charge in [-0.3, -0.25) is 4.79 Å². The molecular formula is C25H23ClN6O2. The molecule has 2 atom stereocenters. The van der Waals surface area contributed by atoms with Crippen LogP contribution in [0.1, 0.15) is 15.9 Å². The summed E-state index contributed by atoms with van der Waals surface area (Å²) in [6.45, 7) is 5.03. The van der Waals surface area contributed by atoms with Crippen LogP contribution in [-0.2, 0) is 0 Å². The summed E-state index contributed by atoms with van der Waals surface area (Å²) in [7, 11) is 0. The zero-order valence-electron chi connectivity index (χ0n) is 18.6. The first-order valence-electron chi connectivity index (χ1n) is 11.3. The summed E-state index contributed by atoms with van der Waals surface area (Å²) in [5.41, 5.74) is 4.06. The molecule has 0 bridgehead atoms. The number of hydrogen-bond acceptors (Lipinski definition) is 6. The highest BCUT2D eigenvalue weighted by Crippen LogP contribution is 2.35. The first kappa shape index (κ1) is 20.9. The number of likely N-dealkylation sites (tertiary alicyclic amines) is 1. The standard InChI is InChI=1S/C25H23ClN6O2/c1-16-5-6-23(32-27-7-8-28-32)21(9-16)24(33)30-11-18-13-31(14-19(18)12-30)25-29-22(15-34-25)17-3-2-4-20(26)10-17/h2-10,15,18-19H,11-14H2,1H3/t18-,19+. The normalized spacial score (nSPS) is 19.6. The number of benzene rings is 2. The third-order valence-corrected chi connectivity index (χ3v) is 6.91. The summed E-state index contributed by atoms with van der Waals surface area (Å²) in [6.07, 6.45) is 4.90. The van der Waals surface area contributed by atoms with Crippen molar-refractivity contribution in [3.63, 3.8) is 0 Å². The Morgan fingerprint density at radius 1 is 1.03 bits per heavy atom. The predicted octanol–water partition coefficient (Wildman–Crippen LogP) is 4.09. The molecule has 34 heavy (non-hydrogen) atoms. The number of amides is 1. The molecule has 2 fully saturated rings. The van der Waals surface area contributed by atoms with E-state index in [4.69, 9.17) is 16.0 Å². The maximum absolute atomic E-state index is 13.5. The van der Waals surface area contributed by atoms with Crippen LogP contribution >= 0.6 is 11.6 Å². The summed E-state index contributed by atoms with van der Waals surface area (Å²) >= 11 is 6.11. The van der Waals surface area contributed by atoms with Crippen LogP contribution in [0.15, 0.2) is 65.5 Å². The Balaban J connectivity index is 1.16. The highest BCUT2D eigenvalue weighted by atomic mass is 35.5. The minimum atomic E-state index is 0.0244. The molecule has 2 aliphatic rings. The van der Waals surface area contributed by atoms with E-state index in [1.807, 2.05) is 54.3 Å². The lowest BCUT2D eigenvalue weighted by atomic mass is 10.0. The van der Waals surface area contributed by atoms with Crippen LogP contribution in [0.4, 0.5) is 6.01 Å². The molecule has 0 N–H and O–H groups in total. The van der Waals surface area contributed by atoms with Crippen molar-refractivity contribution in [1.82, 2.24) is 24.9 Å². The van der Waals surface area contributed by atoms with Gasteiger partial charge in [0, 0.05) is 48.6 Å². The first-order valence-corrected chi connectivity index (χ1v) is 11.7. The van der Waals surface area contributed by atoms with Crippen LogP contribution in [-0.4, -0.2) is 57.0 Å². The number of carbonyl (C=O) groups excluding carboxylic acids is 1. The Bertz CT molecular complexity index is 1340. The third-order valence-electron chi connectivity index (χ3n) is 6.67. The van der Waals surface area contributed by atoms with Gasteiger partial charge in [-0.25, -0.2) is 0 Å². The van der Waals surface area contributed by atoms with Crippen LogP contribution in [0.5, 0.6) is 0 Å². The average Bonchev–Trinajstić information content (AvgIpc) is 3.62. The van der Waals surface area contributed by atoms with Gasteiger partial charge in [0.1, 0.15) is 12.0 Å². The molecule has 4 aromatic rings. The fourth-order valence-corrected chi connectivity index (χ4v) is 5.20. The summed E-state index contributed by atoms with van der Waals surface area (Å²) in [5.74, 6) is 0.777. The van der Waals surface area contributed by atoms with Gasteiger partial charge in [-0.1, -0.05) is 35.4 Å². The number of nitrogens with zero attached hydrogens (tertiary/aromatic N) is 6. The van der Waals surface area contributed by atoms with Crippen LogP contribution < -0.4 is 4.90 Å². The van der Waals surface area contributed by atoms with Crippen LogP contribution in [0.3, 0.4) is 0 Å². The van der Waals surface area contributed by atoms with Crippen molar-refractivity contribution in [2.75, 3.05) is 31.1 Å². The highest BCUT2D eigenvalue weighted by Gasteiger charge is 2.43. The van der Waals surface area contributed by atoms with Crippen molar-refractivity contribution in [3.05, 3.63) is 77.3 Å². The topological polar surface area (TPSA) is 80.3 Å². The van der Waals surface area contributed by atoms with E-state index in [-0.39, 0.29) is 5.91 Å². The summed E-state index contributed by atoms with van der Waals surface area (Å²) in [4.78, 5) is 23.8. The molecule has 1 amide bonds. The number of aromatic nitrogens is 4. The Morgan fingerprint density at radius 2 is 1.79 bits per heavy atom. The Kier molecular flexibility index (Phi) is 5.10. The zero-order chi connectivity index (χ0) is 23.2. The number of anilines is 1. The lowest BCUT2D eigenvalue weighted by Crippen LogP contribution is -2.34. The monoisotopic (exact) mass is 474 g/mol. The Hall–Kier alpha value is -3.65. The van der Waals surface area contributed by atoms with Gasteiger partial charge in [0.15, 0.2) is 0 Å². The van der Waals surface area contributed by atoms with Gasteiger partial charge in [-0.15, -0.1) is 0 Å². The second kappa shape index (κ2) is 8.29. The molecule has 0 aliphatic carbocycles. The van der Waals surface area contributed by atoms with Gasteiger partial charge in [0.05, 0.1) is 23.6 Å². The predicted molar refractivity (Wildman–Crippen MR) is 128 cm³/mol. The maximum atomic E-state index is 13.5. The molecule has 6 rings (SSSR count). The van der Waals surface area contributed by atoms with Gasteiger partial charge < -0.3 is 14.2 Å². The molecule has 8 nitrogen and oxygen atoms in total. The van der Waals surface area contributed by atoms with Crippen LogP contribution in [0.2, 0.25) is 5.02 Å². The lowest BCUT2D eigenvalue weighted by Gasteiger charge is -2.22. The zero-order valence-corrected chi connectivity index (χ0v) is 19.4. The van der Waals surface area contributed by atoms with E-state index in [0.29, 0.717) is 47.2 Å². The fourth-order valence-electron chi connectivity index (χ4n) is 5.01. The van der Waals surface area contributed by atoms with Gasteiger partial charge in [0.2, 0.25) is 0 Å². The van der Waals surface area contributed by atoms with Crippen LogP contribution in [0.25, 0.3) is 16.9 Å². The van der Waals surface area contributed by atoms with E-state index in [9.17, 15) is 4.79 Å². The number of hydrogen-bond donors (Lipinski definition) is 0. The van der Waals surface area contributed by atoms with Crippen LogP contribution in [0, 0.1) is 18.8 Å². The van der Waals surface area contributed by atoms with Crippen molar-refractivity contribution in [2.24, 2.45) is 11.8 Å². The highest BCUT2D eigenvalue weighted by molar-refractivity contribution is 6.30. The van der Waals surface area contributed by atoms with E-state index in [1.165, 1.54) is 4.80 Å². The SMILES string of the molecule is Cc1ccc(-n2nccn2)c(C(=O)N2C[C@@H]3CN(c4nc(-c5cccc(Cl)c5)co4)C[C@@H]3C2)c1. The molecule has 0 unspecified atom stereocenters. The molecular weight excluding hydrogens is 452 g/mol. The van der Waals surface area contributed by atoms with Crippen molar-refractivity contribution in [1.29, 1.82) is 0 Å². The number of aryl methyl sites for hydroxylation is 1. The minimum absolute atomic E-state index is 0.0244. The van der Waals surface area contributed by atoms with Crippen molar-refractivity contribution in [2.45, 2.75) is 6.92 Å². The van der Waals surface area contributed by atoms with Gasteiger partial charge in [0.25, 0.3) is 11.9 Å². The van der Waals surface area contributed by atoms with E-state index in [2.05, 4.69) is 20.1 Å². The summed E-state index contributed by atoms with van der Waals surface area (Å²) < 4.78 is 5.80. The molecule has 2 aromatic heterocycles. The number of oxazole rings is 1. The molecule has 0 saturated carbocycles. The van der Waals surface area contributed by atoms with Crippen molar-refractivity contribution >= 4 is 23.5 Å². The van der Waals surface area contributed by atoms with E-state index in [1.54, 1.807) is 18.7 Å². The van der Waals surface area contributed by atoms with E-state index >= 15 is 0 Å². The Labute approximate surface area is 201 Å². The number of fused-ring (bicyclic) bond motifs is 1. The smallest absolute Gasteiger partial charge is 0.297 e. The molecule has 0 spiro atoms. The second-order valence-electron chi connectivity index (χ2n) is 9.00. The van der Waals surface area contributed by atoms with Gasteiger partial charge in [-0.05, 0) is 31.2 Å². The third kappa shape index (κ3) is 3.74. The summed E-state index contributed by atoms with van der Waals surface area (Å²) in [5, 5.41) is 9.11. The molecule has 4 heterocycles. The molecule has 2 aromatic carbocycles. The molecule has 2 aliphatic heterocycles. The quantitative estimate of drug-likeness (QED) is 0.443. The van der Waals surface area contributed by atoms with Gasteiger partial charge >= 0.3 is 0 Å². The molecule has 2 saturated heterocycles. The summed E-state index contributed by atoms with van der Waals surface area (Å²) in [6, 6.07) is 14.0. The largest absolute Gasteiger partial charge is 0.431 e. The molecule has 0 radical (unpaired) electrons. The number of carbonyl (C=O) groups is 1. The minimum Gasteiger partial charge on any atom is -0.431 e. The molecule has 9 heteroatoms. The van der Waals surface area contributed by atoms with E-state index in [0.717, 1.165) is 29.9 Å².